The molecule has 3 heterocycles. The highest BCUT2D eigenvalue weighted by Crippen LogP contribution is 2.44. The number of nitrogens with zero attached hydrogens (tertiary/aromatic N) is 3. The van der Waals surface area contributed by atoms with Crippen molar-refractivity contribution in [1.29, 1.82) is 0 Å². The van der Waals surface area contributed by atoms with Crippen LogP contribution in [0.4, 0.5) is 0 Å². The predicted octanol–water partition coefficient (Wildman–Crippen LogP) is 2.69. The standard InChI is InChI=1S/C20H20N4O/c25-20(12-24-10-16-4-17(16)11-24)6-19-5-15-3-13(18-8-22-23-9-18)1-2-14(15)7-21-19/h1-3,5,7-9,16-17H,4,6,10-12H2,(H,22,23). The van der Waals surface area contributed by atoms with E-state index in [-0.39, 0.29) is 5.78 Å². The molecule has 1 saturated carbocycles. The number of fused-ring (bicyclic) bond motifs is 2. The van der Waals surface area contributed by atoms with Crippen molar-refractivity contribution in [3.8, 4) is 11.1 Å². The van der Waals surface area contributed by atoms with E-state index >= 15 is 0 Å². The Bertz CT molecular complexity index is 924. The van der Waals surface area contributed by atoms with E-state index in [9.17, 15) is 4.79 Å². The molecule has 0 spiro atoms. The van der Waals surface area contributed by atoms with E-state index in [0.717, 1.165) is 52.5 Å². The van der Waals surface area contributed by atoms with Crippen molar-refractivity contribution in [2.75, 3.05) is 19.6 Å². The fourth-order valence-corrected chi connectivity index (χ4v) is 4.00. The normalized spacial score (nSPS) is 22.2. The summed E-state index contributed by atoms with van der Waals surface area (Å²) < 4.78 is 0. The highest BCUT2D eigenvalue weighted by Gasteiger charge is 2.45. The summed E-state index contributed by atoms with van der Waals surface area (Å²) in [6.07, 6.45) is 7.34. The number of aromatic amines is 1. The second-order valence-corrected chi connectivity index (χ2v) is 7.39. The second kappa shape index (κ2) is 5.77. The van der Waals surface area contributed by atoms with Crippen molar-refractivity contribution < 1.29 is 4.79 Å². The lowest BCUT2D eigenvalue weighted by molar-refractivity contribution is -0.119. The van der Waals surface area contributed by atoms with Gasteiger partial charge in [0.15, 0.2) is 5.78 Å². The Labute approximate surface area is 146 Å². The van der Waals surface area contributed by atoms with Gasteiger partial charge in [-0.3, -0.25) is 19.8 Å². The number of aromatic nitrogens is 3. The number of hydrogen-bond donors (Lipinski definition) is 1. The summed E-state index contributed by atoms with van der Waals surface area (Å²) in [5, 5.41) is 9.04. The van der Waals surface area contributed by atoms with Gasteiger partial charge in [-0.2, -0.15) is 5.10 Å². The molecule has 2 fully saturated rings. The van der Waals surface area contributed by atoms with Crippen LogP contribution in [-0.2, 0) is 11.2 Å². The summed E-state index contributed by atoms with van der Waals surface area (Å²) in [6, 6.07) is 8.30. The summed E-state index contributed by atoms with van der Waals surface area (Å²) in [5.41, 5.74) is 3.02. The van der Waals surface area contributed by atoms with Gasteiger partial charge in [0.05, 0.1) is 19.2 Å². The Hall–Kier alpha value is -2.53. The average Bonchev–Trinajstić information content (AvgIpc) is 3.03. The van der Waals surface area contributed by atoms with Crippen LogP contribution in [-0.4, -0.2) is 45.5 Å². The fourth-order valence-electron chi connectivity index (χ4n) is 4.00. The number of pyridine rings is 1. The molecule has 2 aromatic heterocycles. The number of Topliss-reactive ketones (excluding diaryl/α,β-unsaturated/α-hetero) is 1. The van der Waals surface area contributed by atoms with Gasteiger partial charge in [0.1, 0.15) is 0 Å². The minimum atomic E-state index is 0.263. The lowest BCUT2D eigenvalue weighted by Crippen LogP contribution is -2.30. The van der Waals surface area contributed by atoms with Crippen LogP contribution in [0.5, 0.6) is 0 Å². The van der Waals surface area contributed by atoms with Gasteiger partial charge in [-0.1, -0.05) is 12.1 Å². The van der Waals surface area contributed by atoms with E-state index in [1.54, 1.807) is 0 Å². The number of H-pyrrole nitrogens is 1. The largest absolute Gasteiger partial charge is 0.298 e. The van der Waals surface area contributed by atoms with Crippen molar-refractivity contribution >= 4 is 16.6 Å². The van der Waals surface area contributed by atoms with Crippen LogP contribution in [0, 0.1) is 11.8 Å². The zero-order chi connectivity index (χ0) is 16.8. The molecule has 5 heteroatoms. The Morgan fingerprint density at radius 2 is 2.00 bits per heavy atom. The molecule has 2 unspecified atom stereocenters. The number of ketones is 1. The monoisotopic (exact) mass is 332 g/mol. The molecule has 2 atom stereocenters. The minimum absolute atomic E-state index is 0.263. The average molecular weight is 332 g/mol. The molecule has 3 aromatic rings. The first-order valence-corrected chi connectivity index (χ1v) is 8.86. The van der Waals surface area contributed by atoms with Crippen LogP contribution < -0.4 is 0 Å². The number of likely N-dealkylation sites (tertiary alicyclic amines) is 1. The molecule has 0 amide bonds. The topological polar surface area (TPSA) is 61.9 Å². The summed E-state index contributed by atoms with van der Waals surface area (Å²) in [4.78, 5) is 19.2. The van der Waals surface area contributed by atoms with Gasteiger partial charge in [-0.15, -0.1) is 0 Å². The highest BCUT2D eigenvalue weighted by atomic mass is 16.1. The van der Waals surface area contributed by atoms with E-state index < -0.39 is 0 Å². The number of piperidine rings is 1. The first-order chi connectivity index (χ1) is 12.2. The number of nitrogens with one attached hydrogen (secondary N) is 1. The Kier molecular flexibility index (Phi) is 3.41. The van der Waals surface area contributed by atoms with Crippen molar-refractivity contribution in [1.82, 2.24) is 20.1 Å². The van der Waals surface area contributed by atoms with Crippen LogP contribution in [0.1, 0.15) is 12.1 Å². The number of benzene rings is 1. The smallest absolute Gasteiger partial charge is 0.152 e. The van der Waals surface area contributed by atoms with Crippen LogP contribution in [0.2, 0.25) is 0 Å². The maximum atomic E-state index is 12.4. The molecule has 126 valence electrons. The zero-order valence-corrected chi connectivity index (χ0v) is 14.0. The third-order valence-corrected chi connectivity index (χ3v) is 5.44. The second-order valence-electron chi connectivity index (χ2n) is 7.39. The van der Waals surface area contributed by atoms with Gasteiger partial charge in [0.25, 0.3) is 0 Å². The molecule has 1 saturated heterocycles. The number of hydrogen-bond acceptors (Lipinski definition) is 4. The molecule has 0 bridgehead atoms. The maximum absolute atomic E-state index is 12.4. The van der Waals surface area contributed by atoms with Crippen molar-refractivity contribution in [2.45, 2.75) is 12.8 Å². The molecule has 5 nitrogen and oxygen atoms in total. The Morgan fingerprint density at radius 3 is 2.80 bits per heavy atom. The predicted molar refractivity (Wildman–Crippen MR) is 96.1 cm³/mol. The quantitative estimate of drug-likeness (QED) is 0.780. The number of carbonyl (C=O) groups is 1. The molecule has 1 aliphatic heterocycles. The summed E-state index contributed by atoms with van der Waals surface area (Å²) >= 11 is 0. The molecule has 2 aliphatic rings. The van der Waals surface area contributed by atoms with Crippen LogP contribution >= 0.6 is 0 Å². The molecule has 25 heavy (non-hydrogen) atoms. The van der Waals surface area contributed by atoms with E-state index in [4.69, 9.17) is 0 Å². The third kappa shape index (κ3) is 2.96. The molecule has 1 aliphatic carbocycles. The van der Waals surface area contributed by atoms with Gasteiger partial charge in [0.2, 0.25) is 0 Å². The van der Waals surface area contributed by atoms with E-state index in [1.165, 1.54) is 6.42 Å². The lowest BCUT2D eigenvalue weighted by Gasteiger charge is -2.15. The maximum Gasteiger partial charge on any atom is 0.152 e. The van der Waals surface area contributed by atoms with Crippen LogP contribution in [0.3, 0.4) is 0 Å². The fraction of sp³-hybridized carbons (Fsp3) is 0.350. The number of carbonyl (C=O) groups excluding carboxylic acids is 1. The Morgan fingerprint density at radius 1 is 1.12 bits per heavy atom. The Balaban J connectivity index is 1.33. The van der Waals surface area contributed by atoms with Crippen LogP contribution in [0.25, 0.3) is 21.9 Å². The van der Waals surface area contributed by atoms with E-state index in [0.29, 0.717) is 13.0 Å². The van der Waals surface area contributed by atoms with Crippen molar-refractivity contribution in [3.63, 3.8) is 0 Å². The van der Waals surface area contributed by atoms with Gasteiger partial charge >= 0.3 is 0 Å². The summed E-state index contributed by atoms with van der Waals surface area (Å²) in [6.45, 7) is 2.78. The third-order valence-electron chi connectivity index (χ3n) is 5.44. The minimum Gasteiger partial charge on any atom is -0.298 e. The van der Waals surface area contributed by atoms with Crippen molar-refractivity contribution in [2.24, 2.45) is 11.8 Å². The first-order valence-electron chi connectivity index (χ1n) is 8.86. The van der Waals surface area contributed by atoms with Gasteiger partial charge < -0.3 is 0 Å². The summed E-state index contributed by atoms with van der Waals surface area (Å²) in [7, 11) is 0. The van der Waals surface area contributed by atoms with E-state index in [1.807, 2.05) is 24.7 Å². The molecular weight excluding hydrogens is 312 g/mol. The molecular formula is C20H20N4O. The van der Waals surface area contributed by atoms with Crippen molar-refractivity contribution in [3.05, 3.63) is 48.5 Å². The molecule has 0 radical (unpaired) electrons. The van der Waals surface area contributed by atoms with Gasteiger partial charge in [-0.05, 0) is 41.3 Å². The van der Waals surface area contributed by atoms with Gasteiger partial charge in [0, 0.05) is 42.1 Å². The molecule has 1 aromatic carbocycles. The summed E-state index contributed by atoms with van der Waals surface area (Å²) in [5.74, 6) is 2.00. The van der Waals surface area contributed by atoms with Gasteiger partial charge in [-0.25, -0.2) is 0 Å². The van der Waals surface area contributed by atoms with E-state index in [2.05, 4.69) is 38.3 Å². The SMILES string of the molecule is O=C(Cc1cc2cc(-c3cn[nH]c3)ccc2cn1)CN1CC2CC2C1. The molecule has 1 N–H and O–H groups in total. The zero-order valence-electron chi connectivity index (χ0n) is 14.0. The van der Waals surface area contributed by atoms with Crippen LogP contribution in [0.15, 0.2) is 42.9 Å². The highest BCUT2D eigenvalue weighted by molar-refractivity contribution is 5.88. The first kappa shape index (κ1) is 14.8. The lowest BCUT2D eigenvalue weighted by atomic mass is 10.0. The number of rotatable bonds is 5. The molecule has 5 rings (SSSR count).